The Morgan fingerprint density at radius 2 is 2.24 bits per heavy atom. The molecule has 0 aliphatic heterocycles. The van der Waals surface area contributed by atoms with Gasteiger partial charge in [0.2, 0.25) is 0 Å². The van der Waals surface area contributed by atoms with Crippen LogP contribution in [0.15, 0.2) is 10.9 Å². The fraction of sp³-hybridized carbons (Fsp3) is 0.364. The molecule has 0 amide bonds. The van der Waals surface area contributed by atoms with Gasteiger partial charge in [-0.1, -0.05) is 0 Å². The molecule has 0 spiro atoms. The molecule has 17 heavy (non-hydrogen) atoms. The molecule has 0 radical (unpaired) electrons. The van der Waals surface area contributed by atoms with Gasteiger partial charge in [0.1, 0.15) is 5.65 Å². The average molecular weight is 235 g/mol. The van der Waals surface area contributed by atoms with Crippen LogP contribution >= 0.6 is 0 Å². The second-order valence-corrected chi connectivity index (χ2v) is 3.71. The quantitative estimate of drug-likeness (QED) is 0.782. The van der Waals surface area contributed by atoms with E-state index in [1.165, 1.54) is 10.6 Å². The highest BCUT2D eigenvalue weighted by Gasteiger charge is 2.14. The number of carbonyl (C=O) groups excluding carboxylic acids is 1. The molecule has 0 aliphatic rings. The van der Waals surface area contributed by atoms with E-state index in [2.05, 4.69) is 10.1 Å². The maximum absolute atomic E-state index is 11.5. The Labute approximate surface area is 97.2 Å². The molecule has 0 saturated carbocycles. The highest BCUT2D eigenvalue weighted by Crippen LogP contribution is 2.08. The Bertz CT molecular complexity index is 639. The van der Waals surface area contributed by atoms with Crippen molar-refractivity contribution in [2.75, 3.05) is 6.61 Å². The van der Waals surface area contributed by atoms with Gasteiger partial charge in [0.25, 0.3) is 5.56 Å². The molecule has 0 unspecified atom stereocenters. The number of H-pyrrole nitrogens is 1. The number of nitrogens with one attached hydrogen (secondary N) is 1. The molecule has 6 nitrogen and oxygen atoms in total. The van der Waals surface area contributed by atoms with Crippen LogP contribution in [0.5, 0.6) is 0 Å². The van der Waals surface area contributed by atoms with Crippen LogP contribution in [0.3, 0.4) is 0 Å². The van der Waals surface area contributed by atoms with Crippen molar-refractivity contribution in [3.63, 3.8) is 0 Å². The van der Waals surface area contributed by atoms with Crippen molar-refractivity contribution in [3.8, 4) is 0 Å². The van der Waals surface area contributed by atoms with Gasteiger partial charge in [-0.3, -0.25) is 4.79 Å². The molecule has 0 aliphatic carbocycles. The van der Waals surface area contributed by atoms with Gasteiger partial charge in [0, 0.05) is 17.3 Å². The van der Waals surface area contributed by atoms with Gasteiger partial charge in [-0.05, 0) is 20.8 Å². The molecular weight excluding hydrogens is 222 g/mol. The highest BCUT2D eigenvalue weighted by molar-refractivity contribution is 5.88. The van der Waals surface area contributed by atoms with E-state index < -0.39 is 5.97 Å². The number of hydrogen-bond acceptors (Lipinski definition) is 4. The van der Waals surface area contributed by atoms with Crippen molar-refractivity contribution in [1.29, 1.82) is 0 Å². The topological polar surface area (TPSA) is 76.5 Å². The maximum Gasteiger partial charge on any atom is 0.358 e. The number of aromatic amines is 1. The second kappa shape index (κ2) is 4.04. The van der Waals surface area contributed by atoms with Crippen molar-refractivity contribution in [2.24, 2.45) is 0 Å². The third kappa shape index (κ3) is 1.82. The van der Waals surface area contributed by atoms with Crippen LogP contribution in [0.1, 0.15) is 28.7 Å². The summed E-state index contributed by atoms with van der Waals surface area (Å²) in [7, 11) is 0. The first-order chi connectivity index (χ1) is 8.04. The predicted molar refractivity (Wildman–Crippen MR) is 61.2 cm³/mol. The fourth-order valence-corrected chi connectivity index (χ4v) is 1.56. The van der Waals surface area contributed by atoms with Crippen LogP contribution in [0, 0.1) is 13.8 Å². The number of rotatable bonds is 2. The standard InChI is InChI=1S/C11H13N3O3/c1-4-17-11(16)8-5-9-12-10(15)6(2)7(3)14(9)13-8/h5H,4H2,1-3H3,(H,12,15). The summed E-state index contributed by atoms with van der Waals surface area (Å²) >= 11 is 0. The smallest absolute Gasteiger partial charge is 0.358 e. The number of carbonyl (C=O) groups is 1. The lowest BCUT2D eigenvalue weighted by atomic mass is 10.3. The van der Waals surface area contributed by atoms with Crippen LogP contribution in [-0.2, 0) is 4.74 Å². The maximum atomic E-state index is 11.5. The zero-order valence-electron chi connectivity index (χ0n) is 9.90. The minimum atomic E-state index is -0.492. The van der Waals surface area contributed by atoms with E-state index in [-0.39, 0.29) is 11.3 Å². The molecule has 6 heteroatoms. The molecule has 90 valence electrons. The molecule has 2 rings (SSSR count). The molecular formula is C11H13N3O3. The van der Waals surface area contributed by atoms with E-state index in [9.17, 15) is 9.59 Å². The van der Waals surface area contributed by atoms with Gasteiger partial charge in [-0.15, -0.1) is 0 Å². The van der Waals surface area contributed by atoms with Crippen molar-refractivity contribution in [2.45, 2.75) is 20.8 Å². The molecule has 2 aromatic rings. The van der Waals surface area contributed by atoms with Crippen LogP contribution < -0.4 is 5.56 Å². The number of ether oxygens (including phenoxy) is 1. The summed E-state index contributed by atoms with van der Waals surface area (Å²) in [5.41, 5.74) is 1.79. The number of fused-ring (bicyclic) bond motifs is 1. The fourth-order valence-electron chi connectivity index (χ4n) is 1.56. The van der Waals surface area contributed by atoms with E-state index in [0.29, 0.717) is 23.5 Å². The lowest BCUT2D eigenvalue weighted by Crippen LogP contribution is -2.15. The summed E-state index contributed by atoms with van der Waals surface area (Å²) in [6.07, 6.45) is 0. The van der Waals surface area contributed by atoms with Crippen molar-refractivity contribution < 1.29 is 9.53 Å². The average Bonchev–Trinajstić information content (AvgIpc) is 2.70. The van der Waals surface area contributed by atoms with Crippen LogP contribution in [0.2, 0.25) is 0 Å². The number of aromatic nitrogens is 3. The number of esters is 1. The molecule has 0 fully saturated rings. The highest BCUT2D eigenvalue weighted by atomic mass is 16.5. The molecule has 2 aromatic heterocycles. The predicted octanol–water partition coefficient (Wildman–Crippen LogP) is 0.816. The lowest BCUT2D eigenvalue weighted by molar-refractivity contribution is 0.0519. The summed E-state index contributed by atoms with van der Waals surface area (Å²) in [4.78, 5) is 25.7. The third-order valence-corrected chi connectivity index (χ3v) is 2.64. The normalized spacial score (nSPS) is 10.8. The van der Waals surface area contributed by atoms with E-state index in [1.807, 2.05) is 0 Å². The van der Waals surface area contributed by atoms with E-state index in [1.54, 1.807) is 20.8 Å². The Morgan fingerprint density at radius 1 is 1.53 bits per heavy atom. The van der Waals surface area contributed by atoms with E-state index in [4.69, 9.17) is 4.74 Å². The first-order valence-electron chi connectivity index (χ1n) is 5.31. The van der Waals surface area contributed by atoms with Gasteiger partial charge >= 0.3 is 5.97 Å². The molecule has 0 bridgehead atoms. The number of hydrogen-bond donors (Lipinski definition) is 1. The Kier molecular flexibility index (Phi) is 2.71. The molecule has 0 saturated heterocycles. The first-order valence-corrected chi connectivity index (χ1v) is 5.31. The van der Waals surface area contributed by atoms with Crippen molar-refractivity contribution in [3.05, 3.63) is 33.4 Å². The zero-order valence-corrected chi connectivity index (χ0v) is 9.90. The largest absolute Gasteiger partial charge is 0.461 e. The van der Waals surface area contributed by atoms with Crippen LogP contribution in [0.4, 0.5) is 0 Å². The first kappa shape index (κ1) is 11.4. The molecule has 0 atom stereocenters. The summed E-state index contributed by atoms with van der Waals surface area (Å²) in [5, 5.41) is 4.10. The van der Waals surface area contributed by atoms with Gasteiger partial charge in [0.15, 0.2) is 5.69 Å². The zero-order chi connectivity index (χ0) is 12.6. The van der Waals surface area contributed by atoms with Crippen molar-refractivity contribution >= 4 is 11.6 Å². The Balaban J connectivity index is 2.62. The van der Waals surface area contributed by atoms with Crippen LogP contribution in [-0.4, -0.2) is 27.2 Å². The van der Waals surface area contributed by atoms with E-state index in [0.717, 1.165) is 0 Å². The van der Waals surface area contributed by atoms with Crippen LogP contribution in [0.25, 0.3) is 5.65 Å². The van der Waals surface area contributed by atoms with Crippen molar-refractivity contribution in [1.82, 2.24) is 14.6 Å². The molecule has 0 aromatic carbocycles. The molecule has 1 N–H and O–H groups in total. The monoisotopic (exact) mass is 235 g/mol. The SMILES string of the molecule is CCOC(=O)c1cc2[nH]c(=O)c(C)c(C)n2n1. The minimum absolute atomic E-state index is 0.176. The lowest BCUT2D eigenvalue weighted by Gasteiger charge is -2.01. The molecule has 2 heterocycles. The van der Waals surface area contributed by atoms with E-state index >= 15 is 0 Å². The van der Waals surface area contributed by atoms with Gasteiger partial charge in [-0.2, -0.15) is 5.10 Å². The minimum Gasteiger partial charge on any atom is -0.461 e. The van der Waals surface area contributed by atoms with Gasteiger partial charge < -0.3 is 9.72 Å². The number of nitrogens with zero attached hydrogens (tertiary/aromatic N) is 2. The van der Waals surface area contributed by atoms with Gasteiger partial charge in [0.05, 0.1) is 6.61 Å². The summed E-state index contributed by atoms with van der Waals surface area (Å²) in [5.74, 6) is -0.492. The summed E-state index contributed by atoms with van der Waals surface area (Å²) in [6, 6.07) is 1.51. The Morgan fingerprint density at radius 3 is 2.88 bits per heavy atom. The number of aryl methyl sites for hydroxylation is 1. The summed E-state index contributed by atoms with van der Waals surface area (Å²) in [6.45, 7) is 5.50. The third-order valence-electron chi connectivity index (χ3n) is 2.64. The second-order valence-electron chi connectivity index (χ2n) is 3.71. The van der Waals surface area contributed by atoms with Gasteiger partial charge in [-0.25, -0.2) is 9.31 Å². The Hall–Kier alpha value is -2.11. The summed E-state index contributed by atoms with van der Waals surface area (Å²) < 4.78 is 6.38.